The number of nitrogens with zero attached hydrogens (tertiary/aromatic N) is 5. The van der Waals surface area contributed by atoms with E-state index in [1.54, 1.807) is 0 Å². The standard InChI is InChI=1S/C24H21N5/c25-14-18-4-6-20(7-5-18)23-16-27-29-17-21(15-26-24(23)29)19-8-10-22(11-9-19)28-12-2-1-3-13-28/h4-11,15-17H,1-3,12-13H2. The number of aromatic nitrogens is 3. The van der Waals surface area contributed by atoms with Crippen LogP contribution in [0.2, 0.25) is 0 Å². The monoisotopic (exact) mass is 379 g/mol. The second kappa shape index (κ2) is 7.40. The summed E-state index contributed by atoms with van der Waals surface area (Å²) in [4.78, 5) is 7.14. The average molecular weight is 379 g/mol. The molecule has 1 saturated heterocycles. The van der Waals surface area contributed by atoms with E-state index in [9.17, 15) is 0 Å². The van der Waals surface area contributed by atoms with Crippen LogP contribution in [0.4, 0.5) is 5.69 Å². The summed E-state index contributed by atoms with van der Waals surface area (Å²) >= 11 is 0. The minimum Gasteiger partial charge on any atom is -0.372 e. The molecule has 5 heteroatoms. The quantitative estimate of drug-likeness (QED) is 0.507. The first-order chi connectivity index (χ1) is 14.3. The maximum Gasteiger partial charge on any atom is 0.162 e. The highest BCUT2D eigenvalue weighted by atomic mass is 15.2. The third-order valence-electron chi connectivity index (χ3n) is 5.60. The number of benzene rings is 2. The molecule has 2 aromatic heterocycles. The highest BCUT2D eigenvalue weighted by Gasteiger charge is 2.12. The van der Waals surface area contributed by atoms with Crippen molar-refractivity contribution in [3.8, 4) is 28.3 Å². The fourth-order valence-corrected chi connectivity index (χ4v) is 3.97. The molecule has 3 heterocycles. The lowest BCUT2D eigenvalue weighted by Crippen LogP contribution is -2.29. The van der Waals surface area contributed by atoms with Crippen molar-refractivity contribution < 1.29 is 0 Å². The van der Waals surface area contributed by atoms with Crippen LogP contribution in [0.3, 0.4) is 0 Å². The average Bonchev–Trinajstić information content (AvgIpc) is 3.23. The molecule has 1 aliphatic heterocycles. The smallest absolute Gasteiger partial charge is 0.162 e. The third kappa shape index (κ3) is 3.34. The zero-order chi connectivity index (χ0) is 19.6. The summed E-state index contributed by atoms with van der Waals surface area (Å²) in [5, 5.41) is 13.5. The van der Waals surface area contributed by atoms with Crippen LogP contribution >= 0.6 is 0 Å². The van der Waals surface area contributed by atoms with E-state index in [2.05, 4.69) is 45.3 Å². The normalized spacial score (nSPS) is 14.1. The van der Waals surface area contributed by atoms with Crippen LogP contribution in [-0.4, -0.2) is 27.7 Å². The second-order valence-electron chi connectivity index (χ2n) is 7.45. The predicted molar refractivity (Wildman–Crippen MR) is 115 cm³/mol. The maximum absolute atomic E-state index is 8.98. The van der Waals surface area contributed by atoms with Crippen LogP contribution in [0.15, 0.2) is 67.1 Å². The number of hydrogen-bond acceptors (Lipinski definition) is 4. The van der Waals surface area contributed by atoms with Gasteiger partial charge in [0.05, 0.1) is 17.8 Å². The highest BCUT2D eigenvalue weighted by molar-refractivity contribution is 5.78. The summed E-state index contributed by atoms with van der Waals surface area (Å²) in [6.45, 7) is 2.30. The Morgan fingerprint density at radius 3 is 2.24 bits per heavy atom. The van der Waals surface area contributed by atoms with E-state index in [1.807, 2.05) is 47.4 Å². The number of hydrogen-bond donors (Lipinski definition) is 0. The minimum atomic E-state index is 0.647. The van der Waals surface area contributed by atoms with E-state index in [0.29, 0.717) is 5.56 Å². The fraction of sp³-hybridized carbons (Fsp3) is 0.208. The van der Waals surface area contributed by atoms with E-state index in [0.717, 1.165) is 41.0 Å². The largest absolute Gasteiger partial charge is 0.372 e. The predicted octanol–water partition coefficient (Wildman–Crippen LogP) is 4.93. The molecule has 0 bridgehead atoms. The van der Waals surface area contributed by atoms with Gasteiger partial charge in [0.25, 0.3) is 0 Å². The Bertz CT molecular complexity index is 1180. The van der Waals surface area contributed by atoms with Gasteiger partial charge >= 0.3 is 0 Å². The van der Waals surface area contributed by atoms with Crippen LogP contribution in [0.1, 0.15) is 24.8 Å². The van der Waals surface area contributed by atoms with Crippen LogP contribution in [0.5, 0.6) is 0 Å². The van der Waals surface area contributed by atoms with E-state index < -0.39 is 0 Å². The molecule has 29 heavy (non-hydrogen) atoms. The number of anilines is 1. The maximum atomic E-state index is 8.98. The Morgan fingerprint density at radius 2 is 1.52 bits per heavy atom. The summed E-state index contributed by atoms with van der Waals surface area (Å²) in [6, 6.07) is 18.4. The molecule has 5 rings (SSSR count). The Balaban J connectivity index is 1.43. The van der Waals surface area contributed by atoms with E-state index in [4.69, 9.17) is 5.26 Å². The number of piperidine rings is 1. The van der Waals surface area contributed by atoms with Crippen molar-refractivity contribution in [2.75, 3.05) is 18.0 Å². The van der Waals surface area contributed by atoms with Crippen LogP contribution < -0.4 is 4.90 Å². The molecule has 0 radical (unpaired) electrons. The SMILES string of the molecule is N#Cc1ccc(-c2cnn3cc(-c4ccc(N5CCCCC5)cc4)cnc23)cc1. The van der Waals surface area contributed by atoms with Gasteiger partial charge in [-0.05, 0) is 54.7 Å². The Kier molecular flexibility index (Phi) is 4.45. The molecular formula is C24H21N5. The zero-order valence-corrected chi connectivity index (χ0v) is 16.1. The first-order valence-electron chi connectivity index (χ1n) is 10.0. The summed E-state index contributed by atoms with van der Waals surface area (Å²) in [6.07, 6.45) is 9.65. The number of rotatable bonds is 3. The zero-order valence-electron chi connectivity index (χ0n) is 16.1. The van der Waals surface area contributed by atoms with Crippen molar-refractivity contribution in [2.24, 2.45) is 0 Å². The molecule has 0 unspecified atom stereocenters. The Morgan fingerprint density at radius 1 is 0.793 bits per heavy atom. The summed E-state index contributed by atoms with van der Waals surface area (Å²) < 4.78 is 1.82. The molecule has 0 atom stereocenters. The summed E-state index contributed by atoms with van der Waals surface area (Å²) in [5.74, 6) is 0. The van der Waals surface area contributed by atoms with Gasteiger partial charge in [-0.15, -0.1) is 0 Å². The van der Waals surface area contributed by atoms with Crippen molar-refractivity contribution in [2.45, 2.75) is 19.3 Å². The Labute approximate surface area is 169 Å². The first-order valence-corrected chi connectivity index (χ1v) is 10.0. The van der Waals surface area contributed by atoms with E-state index >= 15 is 0 Å². The van der Waals surface area contributed by atoms with Gasteiger partial charge in [0.2, 0.25) is 0 Å². The van der Waals surface area contributed by atoms with E-state index in [-0.39, 0.29) is 0 Å². The Hall–Kier alpha value is -3.65. The molecule has 0 spiro atoms. The molecule has 2 aromatic carbocycles. The lowest BCUT2D eigenvalue weighted by Gasteiger charge is -2.28. The van der Waals surface area contributed by atoms with Gasteiger partial charge in [-0.1, -0.05) is 24.3 Å². The molecule has 142 valence electrons. The van der Waals surface area contributed by atoms with Gasteiger partial charge in [0.15, 0.2) is 5.65 Å². The van der Waals surface area contributed by atoms with Crippen molar-refractivity contribution in [3.63, 3.8) is 0 Å². The van der Waals surface area contributed by atoms with Gasteiger partial charge in [0.1, 0.15) is 0 Å². The van der Waals surface area contributed by atoms with Crippen molar-refractivity contribution in [1.29, 1.82) is 5.26 Å². The first kappa shape index (κ1) is 17.4. The van der Waals surface area contributed by atoms with Crippen molar-refractivity contribution >= 4 is 11.3 Å². The fourth-order valence-electron chi connectivity index (χ4n) is 3.97. The minimum absolute atomic E-state index is 0.647. The molecule has 0 aliphatic carbocycles. The topological polar surface area (TPSA) is 57.2 Å². The highest BCUT2D eigenvalue weighted by Crippen LogP contribution is 2.27. The third-order valence-corrected chi connectivity index (χ3v) is 5.60. The van der Waals surface area contributed by atoms with Gasteiger partial charge in [-0.3, -0.25) is 0 Å². The second-order valence-corrected chi connectivity index (χ2v) is 7.45. The summed E-state index contributed by atoms with van der Waals surface area (Å²) in [7, 11) is 0. The molecule has 5 nitrogen and oxygen atoms in total. The number of fused-ring (bicyclic) bond motifs is 1. The molecule has 1 aliphatic rings. The van der Waals surface area contributed by atoms with Crippen LogP contribution in [-0.2, 0) is 0 Å². The van der Waals surface area contributed by atoms with Gasteiger partial charge < -0.3 is 4.90 Å². The van der Waals surface area contributed by atoms with Crippen LogP contribution in [0, 0.1) is 11.3 Å². The molecule has 0 N–H and O–H groups in total. The van der Waals surface area contributed by atoms with E-state index in [1.165, 1.54) is 24.9 Å². The molecular weight excluding hydrogens is 358 g/mol. The van der Waals surface area contributed by atoms with Gasteiger partial charge in [0, 0.05) is 42.3 Å². The van der Waals surface area contributed by atoms with Gasteiger partial charge in [-0.2, -0.15) is 10.4 Å². The lowest BCUT2D eigenvalue weighted by atomic mass is 10.1. The summed E-state index contributed by atoms with van der Waals surface area (Å²) in [5.41, 5.74) is 6.89. The number of nitriles is 1. The van der Waals surface area contributed by atoms with Crippen molar-refractivity contribution in [3.05, 3.63) is 72.7 Å². The lowest BCUT2D eigenvalue weighted by molar-refractivity contribution is 0.578. The van der Waals surface area contributed by atoms with Crippen molar-refractivity contribution in [1.82, 2.24) is 14.6 Å². The molecule has 0 saturated carbocycles. The molecule has 0 amide bonds. The molecule has 4 aromatic rings. The van der Waals surface area contributed by atoms with Gasteiger partial charge in [-0.25, -0.2) is 9.50 Å². The van der Waals surface area contributed by atoms with Crippen LogP contribution in [0.25, 0.3) is 27.9 Å². The molecule has 1 fully saturated rings.